The zero-order chi connectivity index (χ0) is 32.3. The molecular weight excluding hydrogens is 663 g/mol. The molecule has 0 aliphatic carbocycles. The van der Waals surface area contributed by atoms with Crippen LogP contribution >= 0.6 is 0 Å². The Morgan fingerprint density at radius 1 is 0.327 bits per heavy atom. The van der Waals surface area contributed by atoms with E-state index in [1.807, 2.05) is 18.2 Å². The average molecular weight is 690 g/mol. The van der Waals surface area contributed by atoms with Crippen molar-refractivity contribution in [1.29, 1.82) is 0 Å². The van der Waals surface area contributed by atoms with Crippen LogP contribution in [0.4, 0.5) is 0 Å². The van der Waals surface area contributed by atoms with Crippen LogP contribution in [-0.2, 0) is 0 Å². The van der Waals surface area contributed by atoms with Gasteiger partial charge in [-0.25, -0.2) is 0 Å². The van der Waals surface area contributed by atoms with Crippen LogP contribution in [0.2, 0.25) is 0 Å². The Bertz CT molecular complexity index is 2880. The standard InChI is InChI=1S/C44H26N4Se/c1-3-10-29(11-4-1)41-46-42(32-19-21-35-31(25-32)20-24-39-40(35)49-44(45-39)30-12-5-2-6-13-30)48-43(47-41)33-16-15-28-18-22-36-34-14-8-7-9-27(34)17-23-37(36)38(28)26-33/h1-26H. The van der Waals surface area contributed by atoms with Crippen LogP contribution in [0.25, 0.3) is 97.2 Å². The number of hydrogen-bond acceptors (Lipinski definition) is 4. The van der Waals surface area contributed by atoms with Crippen molar-refractivity contribution in [3.63, 3.8) is 0 Å². The van der Waals surface area contributed by atoms with Gasteiger partial charge < -0.3 is 0 Å². The molecule has 0 aliphatic heterocycles. The Morgan fingerprint density at radius 3 is 1.65 bits per heavy atom. The van der Waals surface area contributed by atoms with E-state index in [1.54, 1.807) is 0 Å². The van der Waals surface area contributed by atoms with Gasteiger partial charge in [-0.15, -0.1) is 0 Å². The zero-order valence-corrected chi connectivity index (χ0v) is 27.9. The Balaban J connectivity index is 1.13. The van der Waals surface area contributed by atoms with Gasteiger partial charge in [0.25, 0.3) is 0 Å². The predicted octanol–water partition coefficient (Wildman–Crippen LogP) is 10.8. The van der Waals surface area contributed by atoms with E-state index in [0.29, 0.717) is 17.5 Å². The molecule has 0 fully saturated rings. The van der Waals surface area contributed by atoms with Gasteiger partial charge >= 0.3 is 225 Å². The summed E-state index contributed by atoms with van der Waals surface area (Å²) in [7, 11) is 0. The van der Waals surface area contributed by atoms with Crippen LogP contribution in [0.15, 0.2) is 158 Å². The summed E-state index contributed by atoms with van der Waals surface area (Å²) in [5, 5.41) is 9.73. The number of hydrogen-bond donors (Lipinski definition) is 0. The summed E-state index contributed by atoms with van der Waals surface area (Å²) in [6, 6.07) is 55.6. The van der Waals surface area contributed by atoms with Gasteiger partial charge in [0.1, 0.15) is 0 Å². The summed E-state index contributed by atoms with van der Waals surface area (Å²) in [6.45, 7) is 0. The summed E-state index contributed by atoms with van der Waals surface area (Å²) in [6.07, 6.45) is 0. The van der Waals surface area contributed by atoms with Crippen LogP contribution in [-0.4, -0.2) is 34.4 Å². The van der Waals surface area contributed by atoms with Crippen molar-refractivity contribution in [2.75, 3.05) is 0 Å². The number of benzene rings is 8. The fourth-order valence-electron chi connectivity index (χ4n) is 6.86. The van der Waals surface area contributed by atoms with Crippen LogP contribution in [0.5, 0.6) is 0 Å². The minimum atomic E-state index is 0.130. The Hall–Kier alpha value is -6.00. The third-order valence-electron chi connectivity index (χ3n) is 9.32. The van der Waals surface area contributed by atoms with Gasteiger partial charge in [-0.2, -0.15) is 0 Å². The molecule has 0 atom stereocenters. The summed E-state index contributed by atoms with van der Waals surface area (Å²) in [5.74, 6) is 1.96. The second-order valence-electron chi connectivity index (χ2n) is 12.3. The molecule has 0 aliphatic rings. The molecule has 4 nitrogen and oxygen atoms in total. The van der Waals surface area contributed by atoms with Crippen molar-refractivity contribution in [3.05, 3.63) is 158 Å². The molecule has 0 saturated carbocycles. The predicted molar refractivity (Wildman–Crippen MR) is 204 cm³/mol. The number of fused-ring (bicyclic) bond motifs is 8. The molecule has 5 heteroatoms. The Kier molecular flexibility index (Phi) is 6.48. The summed E-state index contributed by atoms with van der Waals surface area (Å²) in [4.78, 5) is 20.2. The van der Waals surface area contributed by atoms with E-state index in [-0.39, 0.29) is 14.5 Å². The van der Waals surface area contributed by atoms with Gasteiger partial charge in [0, 0.05) is 0 Å². The van der Waals surface area contributed by atoms with E-state index < -0.39 is 0 Å². The molecule has 0 radical (unpaired) electrons. The summed E-state index contributed by atoms with van der Waals surface area (Å²) in [5.41, 5.74) is 5.15. The second-order valence-corrected chi connectivity index (χ2v) is 14.4. The third kappa shape index (κ3) is 4.83. The first-order valence-corrected chi connectivity index (χ1v) is 18.0. The first-order valence-electron chi connectivity index (χ1n) is 16.3. The monoisotopic (exact) mass is 690 g/mol. The zero-order valence-electron chi connectivity index (χ0n) is 26.2. The number of nitrogens with zero attached hydrogens (tertiary/aromatic N) is 4. The summed E-state index contributed by atoms with van der Waals surface area (Å²) >= 11 is 0.130. The van der Waals surface area contributed by atoms with Gasteiger partial charge in [0.05, 0.1) is 0 Å². The maximum absolute atomic E-state index is 5.13. The molecule has 49 heavy (non-hydrogen) atoms. The van der Waals surface area contributed by atoms with E-state index in [1.165, 1.54) is 52.1 Å². The maximum atomic E-state index is 5.13. The molecule has 2 aromatic heterocycles. The van der Waals surface area contributed by atoms with Crippen LogP contribution < -0.4 is 0 Å². The van der Waals surface area contributed by atoms with Crippen LogP contribution in [0.3, 0.4) is 0 Å². The van der Waals surface area contributed by atoms with Crippen molar-refractivity contribution < 1.29 is 0 Å². The Labute approximate surface area is 288 Å². The molecule has 10 aromatic rings. The van der Waals surface area contributed by atoms with Gasteiger partial charge in [-0.3, -0.25) is 0 Å². The fourth-order valence-corrected chi connectivity index (χ4v) is 9.18. The van der Waals surface area contributed by atoms with Gasteiger partial charge in [0.15, 0.2) is 0 Å². The normalized spacial score (nSPS) is 11.7. The van der Waals surface area contributed by atoms with E-state index in [4.69, 9.17) is 19.9 Å². The van der Waals surface area contributed by atoms with Crippen LogP contribution in [0, 0.1) is 0 Å². The quantitative estimate of drug-likeness (QED) is 0.136. The van der Waals surface area contributed by atoms with E-state index in [0.717, 1.165) is 27.6 Å². The molecular formula is C44H26N4Se. The molecule has 8 aromatic carbocycles. The molecule has 228 valence electrons. The molecule has 0 amide bonds. The topological polar surface area (TPSA) is 51.6 Å². The van der Waals surface area contributed by atoms with Crippen molar-refractivity contribution in [2.45, 2.75) is 0 Å². The molecule has 0 saturated heterocycles. The van der Waals surface area contributed by atoms with E-state index >= 15 is 0 Å². The van der Waals surface area contributed by atoms with Crippen LogP contribution in [0.1, 0.15) is 0 Å². The van der Waals surface area contributed by atoms with E-state index in [9.17, 15) is 0 Å². The summed E-state index contributed by atoms with van der Waals surface area (Å²) < 4.78 is 2.50. The Morgan fingerprint density at radius 2 is 0.878 bits per heavy atom. The van der Waals surface area contributed by atoms with Crippen molar-refractivity contribution in [2.24, 2.45) is 0 Å². The SMILES string of the molecule is c1ccc(-c2nc(-c3ccc4c(ccc5nc(-c6ccccc6)[se]c54)c3)nc(-c3ccc4ccc5c6ccccc6ccc5c4c3)n2)cc1. The number of aromatic nitrogens is 4. The fraction of sp³-hybridized carbons (Fsp3) is 0. The third-order valence-corrected chi connectivity index (χ3v) is 11.7. The van der Waals surface area contributed by atoms with E-state index in [2.05, 4.69) is 140 Å². The molecule has 2 heterocycles. The van der Waals surface area contributed by atoms with Crippen molar-refractivity contribution >= 4 is 67.4 Å². The molecule has 0 spiro atoms. The second kappa shape index (κ2) is 11.3. The van der Waals surface area contributed by atoms with Crippen molar-refractivity contribution in [1.82, 2.24) is 19.9 Å². The molecule has 0 unspecified atom stereocenters. The first-order chi connectivity index (χ1) is 24.2. The average Bonchev–Trinajstić information content (AvgIpc) is 3.63. The van der Waals surface area contributed by atoms with Crippen molar-refractivity contribution in [3.8, 4) is 44.3 Å². The van der Waals surface area contributed by atoms with Gasteiger partial charge in [-0.1, -0.05) is 48.5 Å². The molecule has 0 bridgehead atoms. The first kappa shape index (κ1) is 28.1. The van der Waals surface area contributed by atoms with Gasteiger partial charge in [0.2, 0.25) is 0 Å². The molecule has 10 rings (SSSR count). The van der Waals surface area contributed by atoms with Gasteiger partial charge in [-0.05, 0) is 16.2 Å². The minimum absolute atomic E-state index is 0.130. The number of rotatable bonds is 4. The molecule has 0 N–H and O–H groups in total.